The molecule has 0 aliphatic carbocycles. The molecule has 0 bridgehead atoms. The third kappa shape index (κ3) is 0.996. The number of rotatable bonds is 2. The fourth-order valence-electron chi connectivity index (χ4n) is 0.535. The first-order chi connectivity index (χ1) is 3.34. The van der Waals surface area contributed by atoms with Crippen LogP contribution in [0.25, 0.3) is 0 Å². The van der Waals surface area contributed by atoms with E-state index >= 15 is 0 Å². The quantitative estimate of drug-likeness (QED) is 0.384. The van der Waals surface area contributed by atoms with Gasteiger partial charge in [0.05, 0.1) is 0 Å². The van der Waals surface area contributed by atoms with Crippen molar-refractivity contribution in [3.05, 3.63) is 0 Å². The van der Waals surface area contributed by atoms with Crippen molar-refractivity contribution in [3.63, 3.8) is 0 Å². The fraction of sp³-hybridized carbons (Fsp3) is 0.800. The average molecular weight is 99.1 g/mol. The molecule has 1 heterocycles. The number of hydrogen-bond donors (Lipinski definition) is 1. The standard InChI is InChI=1S/C5H9NO/c1-4(3-7)5-2-6-5/h3-6H,2H2,1H3. The van der Waals surface area contributed by atoms with Crippen LogP contribution >= 0.6 is 0 Å². The molecule has 0 aromatic rings. The minimum Gasteiger partial charge on any atom is -0.310 e. The smallest absolute Gasteiger partial charge is 0.124 e. The molecule has 1 rings (SSSR count). The van der Waals surface area contributed by atoms with Crippen molar-refractivity contribution in [2.45, 2.75) is 13.0 Å². The van der Waals surface area contributed by atoms with Crippen molar-refractivity contribution in [1.82, 2.24) is 5.32 Å². The van der Waals surface area contributed by atoms with Crippen molar-refractivity contribution in [2.24, 2.45) is 5.92 Å². The highest BCUT2D eigenvalue weighted by molar-refractivity contribution is 5.55. The summed E-state index contributed by atoms with van der Waals surface area (Å²) >= 11 is 0. The first kappa shape index (κ1) is 4.78. The van der Waals surface area contributed by atoms with Gasteiger partial charge in [0.25, 0.3) is 0 Å². The Morgan fingerprint density at radius 2 is 2.57 bits per heavy atom. The highest BCUT2D eigenvalue weighted by Crippen LogP contribution is 2.07. The van der Waals surface area contributed by atoms with E-state index in [1.165, 1.54) is 0 Å². The molecule has 1 saturated heterocycles. The van der Waals surface area contributed by atoms with Gasteiger partial charge in [-0.1, -0.05) is 6.92 Å². The Balaban J connectivity index is 2.22. The SMILES string of the molecule is CC(C=O)C1CN1. The van der Waals surface area contributed by atoms with Crippen molar-refractivity contribution in [1.29, 1.82) is 0 Å². The molecule has 2 nitrogen and oxygen atoms in total. The van der Waals surface area contributed by atoms with E-state index in [1.54, 1.807) is 0 Å². The predicted octanol–water partition coefficient (Wildman–Crippen LogP) is -0.207. The van der Waals surface area contributed by atoms with E-state index in [-0.39, 0.29) is 5.92 Å². The molecule has 40 valence electrons. The van der Waals surface area contributed by atoms with E-state index in [0.717, 1.165) is 12.8 Å². The van der Waals surface area contributed by atoms with E-state index in [4.69, 9.17) is 0 Å². The van der Waals surface area contributed by atoms with Crippen LogP contribution < -0.4 is 5.32 Å². The van der Waals surface area contributed by atoms with E-state index < -0.39 is 0 Å². The maximum absolute atomic E-state index is 9.95. The van der Waals surface area contributed by atoms with Gasteiger partial charge in [0.2, 0.25) is 0 Å². The molecule has 0 aromatic carbocycles. The second-order valence-corrected chi connectivity index (χ2v) is 2.01. The lowest BCUT2D eigenvalue weighted by Gasteiger charge is -1.91. The van der Waals surface area contributed by atoms with Gasteiger partial charge >= 0.3 is 0 Å². The number of nitrogens with one attached hydrogen (secondary N) is 1. The summed E-state index contributed by atoms with van der Waals surface area (Å²) in [4.78, 5) is 9.95. The molecule has 1 N–H and O–H groups in total. The lowest BCUT2D eigenvalue weighted by Crippen LogP contribution is -2.06. The van der Waals surface area contributed by atoms with Crippen LogP contribution in [0.4, 0.5) is 0 Å². The number of carbonyl (C=O) groups is 1. The van der Waals surface area contributed by atoms with E-state index in [1.807, 2.05) is 6.92 Å². The summed E-state index contributed by atoms with van der Waals surface area (Å²) in [6.07, 6.45) is 0.991. The summed E-state index contributed by atoms with van der Waals surface area (Å²) < 4.78 is 0. The van der Waals surface area contributed by atoms with E-state index in [0.29, 0.717) is 6.04 Å². The van der Waals surface area contributed by atoms with Gasteiger partial charge in [-0.3, -0.25) is 0 Å². The van der Waals surface area contributed by atoms with Crippen LogP contribution in [0.15, 0.2) is 0 Å². The Morgan fingerprint density at radius 1 is 2.00 bits per heavy atom. The molecular formula is C5H9NO. The van der Waals surface area contributed by atoms with Crippen molar-refractivity contribution in [3.8, 4) is 0 Å². The van der Waals surface area contributed by atoms with Crippen LogP contribution in [0, 0.1) is 5.92 Å². The van der Waals surface area contributed by atoms with E-state index in [9.17, 15) is 4.79 Å². The van der Waals surface area contributed by atoms with Gasteiger partial charge in [-0.25, -0.2) is 0 Å². The molecule has 0 spiro atoms. The maximum atomic E-state index is 9.95. The molecule has 2 atom stereocenters. The third-order valence-corrected chi connectivity index (χ3v) is 1.29. The zero-order valence-corrected chi connectivity index (χ0v) is 4.35. The summed E-state index contributed by atoms with van der Waals surface area (Å²) in [6.45, 7) is 2.96. The highest BCUT2D eigenvalue weighted by atomic mass is 16.1. The summed E-state index contributed by atoms with van der Waals surface area (Å²) in [7, 11) is 0. The molecule has 1 fully saturated rings. The molecule has 1 aliphatic heterocycles. The van der Waals surface area contributed by atoms with Crippen LogP contribution in [-0.2, 0) is 4.79 Å². The predicted molar refractivity (Wildman–Crippen MR) is 27.0 cm³/mol. The second kappa shape index (κ2) is 1.62. The summed E-state index contributed by atoms with van der Waals surface area (Å²) in [5.74, 6) is 0.222. The molecule has 0 amide bonds. The van der Waals surface area contributed by atoms with Crippen molar-refractivity contribution in [2.75, 3.05) is 6.54 Å². The zero-order valence-electron chi connectivity index (χ0n) is 4.35. The normalized spacial score (nSPS) is 31.9. The monoisotopic (exact) mass is 99.1 g/mol. The molecular weight excluding hydrogens is 90.1 g/mol. The van der Waals surface area contributed by atoms with Gasteiger partial charge in [-0.2, -0.15) is 0 Å². The molecule has 0 aromatic heterocycles. The first-order valence-electron chi connectivity index (χ1n) is 2.53. The number of carbonyl (C=O) groups excluding carboxylic acids is 1. The molecule has 2 unspecified atom stereocenters. The van der Waals surface area contributed by atoms with Crippen LogP contribution in [0.3, 0.4) is 0 Å². The lowest BCUT2D eigenvalue weighted by atomic mass is 10.1. The Hall–Kier alpha value is -0.370. The molecule has 7 heavy (non-hydrogen) atoms. The molecule has 0 saturated carbocycles. The van der Waals surface area contributed by atoms with Crippen molar-refractivity contribution < 1.29 is 4.79 Å². The van der Waals surface area contributed by atoms with Gasteiger partial charge < -0.3 is 10.1 Å². The molecule has 0 radical (unpaired) electrons. The average Bonchev–Trinajstić information content (AvgIpc) is 2.44. The van der Waals surface area contributed by atoms with E-state index in [2.05, 4.69) is 5.32 Å². The van der Waals surface area contributed by atoms with Crippen LogP contribution in [-0.4, -0.2) is 18.9 Å². The van der Waals surface area contributed by atoms with Crippen LogP contribution in [0.1, 0.15) is 6.92 Å². The largest absolute Gasteiger partial charge is 0.310 e. The zero-order chi connectivity index (χ0) is 5.28. The van der Waals surface area contributed by atoms with Gasteiger partial charge in [-0.05, 0) is 0 Å². The second-order valence-electron chi connectivity index (χ2n) is 2.01. The summed E-state index contributed by atoms with van der Waals surface area (Å²) in [5.41, 5.74) is 0. The Bertz CT molecular complexity index is 78.1. The van der Waals surface area contributed by atoms with Gasteiger partial charge in [0.15, 0.2) is 0 Å². The van der Waals surface area contributed by atoms with Gasteiger partial charge in [0, 0.05) is 18.5 Å². The fourth-order valence-corrected chi connectivity index (χ4v) is 0.535. The third-order valence-electron chi connectivity index (χ3n) is 1.29. The Kier molecular flexibility index (Phi) is 1.11. The van der Waals surface area contributed by atoms with Crippen LogP contribution in [0.5, 0.6) is 0 Å². The Labute approximate surface area is 42.9 Å². The Morgan fingerprint density at radius 3 is 2.71 bits per heavy atom. The minimum absolute atomic E-state index is 0.222. The van der Waals surface area contributed by atoms with Crippen LogP contribution in [0.2, 0.25) is 0 Å². The number of aldehydes is 1. The number of hydrogen-bond acceptors (Lipinski definition) is 2. The topological polar surface area (TPSA) is 39.0 Å². The summed E-state index contributed by atoms with van der Waals surface area (Å²) in [5, 5.41) is 3.05. The summed E-state index contributed by atoms with van der Waals surface area (Å²) in [6, 6.07) is 0.498. The first-order valence-corrected chi connectivity index (χ1v) is 2.53. The lowest BCUT2D eigenvalue weighted by molar-refractivity contribution is -0.110. The maximum Gasteiger partial charge on any atom is 0.124 e. The highest BCUT2D eigenvalue weighted by Gasteiger charge is 2.25. The molecule has 2 heteroatoms. The minimum atomic E-state index is 0.222. The van der Waals surface area contributed by atoms with Gasteiger partial charge in [-0.15, -0.1) is 0 Å². The van der Waals surface area contributed by atoms with Crippen molar-refractivity contribution >= 4 is 6.29 Å². The molecule has 1 aliphatic rings. The van der Waals surface area contributed by atoms with Gasteiger partial charge in [0.1, 0.15) is 6.29 Å².